The lowest BCUT2D eigenvalue weighted by atomic mass is 10.4. The highest BCUT2D eigenvalue weighted by Crippen LogP contribution is 2.21. The zero-order chi connectivity index (χ0) is 12.3. The van der Waals surface area contributed by atoms with Gasteiger partial charge in [0.05, 0.1) is 0 Å². The highest BCUT2D eigenvalue weighted by atomic mass is 79.9. The van der Waals surface area contributed by atoms with Gasteiger partial charge in [0.25, 0.3) is 10.0 Å². The Morgan fingerprint density at radius 2 is 2.00 bits per heavy atom. The van der Waals surface area contributed by atoms with E-state index in [1.165, 1.54) is 11.3 Å². The van der Waals surface area contributed by atoms with Gasteiger partial charge in [-0.3, -0.25) is 4.90 Å². The zero-order valence-corrected chi connectivity index (χ0v) is 12.6. The molecule has 1 aliphatic heterocycles. The summed E-state index contributed by atoms with van der Waals surface area (Å²) in [5.74, 6) is 0. The second-order valence-electron chi connectivity index (χ2n) is 3.87. The van der Waals surface area contributed by atoms with E-state index in [2.05, 4.69) is 20.8 Å². The number of sulfonamides is 1. The summed E-state index contributed by atoms with van der Waals surface area (Å²) in [5.41, 5.74) is 0. The predicted octanol–water partition coefficient (Wildman–Crippen LogP) is 1.45. The van der Waals surface area contributed by atoms with Gasteiger partial charge in [0.15, 0.2) is 0 Å². The summed E-state index contributed by atoms with van der Waals surface area (Å²) in [5, 5.41) is 2.73. The predicted molar refractivity (Wildman–Crippen MR) is 73.3 cm³/mol. The lowest BCUT2D eigenvalue weighted by molar-refractivity contribution is 0.198. The van der Waals surface area contributed by atoms with Gasteiger partial charge in [-0.05, 0) is 11.4 Å². The van der Waals surface area contributed by atoms with Gasteiger partial charge in [-0.25, -0.2) is 8.42 Å². The molecule has 0 aromatic carbocycles. The summed E-state index contributed by atoms with van der Waals surface area (Å²) in [4.78, 5) is 2.27. The largest absolute Gasteiger partial charge is 0.300 e. The van der Waals surface area contributed by atoms with E-state index in [4.69, 9.17) is 0 Å². The van der Waals surface area contributed by atoms with Gasteiger partial charge in [0.1, 0.15) is 4.21 Å². The van der Waals surface area contributed by atoms with Gasteiger partial charge in [-0.15, -0.1) is 11.3 Å². The average Bonchev–Trinajstić information content (AvgIpc) is 2.84. The SMILES string of the molecule is O=S(=O)(c1cccs1)N1CCN(CCBr)CC1. The maximum atomic E-state index is 12.2. The average molecular weight is 339 g/mol. The molecule has 0 bridgehead atoms. The van der Waals surface area contributed by atoms with Gasteiger partial charge < -0.3 is 0 Å². The number of hydrogen-bond acceptors (Lipinski definition) is 4. The Balaban J connectivity index is 2.01. The number of piperazine rings is 1. The Morgan fingerprint density at radius 1 is 1.29 bits per heavy atom. The van der Waals surface area contributed by atoms with Crippen molar-refractivity contribution in [3.8, 4) is 0 Å². The molecule has 0 N–H and O–H groups in total. The summed E-state index contributed by atoms with van der Waals surface area (Å²) >= 11 is 4.68. The highest BCUT2D eigenvalue weighted by molar-refractivity contribution is 9.09. The van der Waals surface area contributed by atoms with Crippen LogP contribution >= 0.6 is 27.3 Å². The fraction of sp³-hybridized carbons (Fsp3) is 0.600. The number of hydrogen-bond donors (Lipinski definition) is 0. The van der Waals surface area contributed by atoms with Gasteiger partial charge in [0.2, 0.25) is 0 Å². The number of halogens is 1. The van der Waals surface area contributed by atoms with E-state index >= 15 is 0 Å². The fourth-order valence-electron chi connectivity index (χ4n) is 1.85. The van der Waals surface area contributed by atoms with Crippen LogP contribution in [-0.4, -0.2) is 55.7 Å². The first-order valence-corrected chi connectivity index (χ1v) is 8.90. The fourth-order valence-corrected chi connectivity index (χ4v) is 4.92. The molecule has 1 aromatic heterocycles. The molecule has 7 heteroatoms. The molecule has 1 aliphatic rings. The van der Waals surface area contributed by atoms with E-state index in [-0.39, 0.29) is 0 Å². The van der Waals surface area contributed by atoms with Crippen LogP contribution in [-0.2, 0) is 10.0 Å². The summed E-state index contributed by atoms with van der Waals surface area (Å²) < 4.78 is 26.5. The van der Waals surface area contributed by atoms with Crippen molar-refractivity contribution in [1.29, 1.82) is 0 Å². The summed E-state index contributed by atoms with van der Waals surface area (Å²) in [6.45, 7) is 3.79. The van der Waals surface area contributed by atoms with Crippen LogP contribution in [0.5, 0.6) is 0 Å². The zero-order valence-electron chi connectivity index (χ0n) is 9.38. The van der Waals surface area contributed by atoms with Crippen molar-refractivity contribution in [1.82, 2.24) is 9.21 Å². The molecule has 0 amide bonds. The molecule has 0 radical (unpaired) electrons. The van der Waals surface area contributed by atoms with Crippen LogP contribution in [0.25, 0.3) is 0 Å². The molecular weight excluding hydrogens is 324 g/mol. The number of nitrogens with zero attached hydrogens (tertiary/aromatic N) is 2. The summed E-state index contributed by atoms with van der Waals surface area (Å²) in [6.07, 6.45) is 0. The molecule has 2 heterocycles. The molecule has 0 spiro atoms. The maximum absolute atomic E-state index is 12.2. The second kappa shape index (κ2) is 5.79. The third-order valence-electron chi connectivity index (χ3n) is 2.82. The van der Waals surface area contributed by atoms with Crippen molar-refractivity contribution >= 4 is 37.3 Å². The normalized spacial score (nSPS) is 19.6. The summed E-state index contributed by atoms with van der Waals surface area (Å²) in [6, 6.07) is 3.45. The maximum Gasteiger partial charge on any atom is 0.252 e. The molecule has 0 saturated carbocycles. The van der Waals surface area contributed by atoms with E-state index in [9.17, 15) is 8.42 Å². The molecule has 1 aromatic rings. The first kappa shape index (κ1) is 13.5. The Labute approximate surface area is 114 Å². The van der Waals surface area contributed by atoms with E-state index in [0.29, 0.717) is 17.3 Å². The smallest absolute Gasteiger partial charge is 0.252 e. The molecule has 2 rings (SSSR count). The molecule has 0 atom stereocenters. The van der Waals surface area contributed by atoms with Crippen molar-refractivity contribution in [3.05, 3.63) is 17.5 Å². The standard InChI is InChI=1S/C10H15BrN2O2S2/c11-3-4-12-5-7-13(8-6-12)17(14,15)10-2-1-9-16-10/h1-2,9H,3-8H2. The van der Waals surface area contributed by atoms with Crippen LogP contribution in [0, 0.1) is 0 Å². The van der Waals surface area contributed by atoms with Crippen LogP contribution in [0.4, 0.5) is 0 Å². The van der Waals surface area contributed by atoms with Crippen molar-refractivity contribution in [3.63, 3.8) is 0 Å². The van der Waals surface area contributed by atoms with Gasteiger partial charge >= 0.3 is 0 Å². The highest BCUT2D eigenvalue weighted by Gasteiger charge is 2.28. The molecule has 96 valence electrons. The van der Waals surface area contributed by atoms with Crippen molar-refractivity contribution in [2.24, 2.45) is 0 Å². The van der Waals surface area contributed by atoms with Crippen molar-refractivity contribution in [2.75, 3.05) is 38.1 Å². The Bertz CT molecular complexity index is 439. The van der Waals surface area contributed by atoms with E-state index in [1.807, 2.05) is 0 Å². The molecule has 0 unspecified atom stereocenters. The van der Waals surface area contributed by atoms with Gasteiger partial charge in [0, 0.05) is 38.1 Å². The Morgan fingerprint density at radius 3 is 2.53 bits per heavy atom. The molecule has 1 fully saturated rings. The second-order valence-corrected chi connectivity index (χ2v) is 7.77. The van der Waals surface area contributed by atoms with Crippen molar-refractivity contribution in [2.45, 2.75) is 4.21 Å². The van der Waals surface area contributed by atoms with E-state index in [1.54, 1.807) is 21.8 Å². The van der Waals surface area contributed by atoms with E-state index < -0.39 is 10.0 Å². The third kappa shape index (κ3) is 3.08. The molecular formula is C10H15BrN2O2S2. The quantitative estimate of drug-likeness (QED) is 0.780. The lowest BCUT2D eigenvalue weighted by Gasteiger charge is -2.33. The minimum atomic E-state index is -3.24. The Kier molecular flexibility index (Phi) is 4.59. The third-order valence-corrected chi connectivity index (χ3v) is 6.45. The van der Waals surface area contributed by atoms with Crippen LogP contribution in [0.15, 0.2) is 21.7 Å². The first-order chi connectivity index (χ1) is 8.14. The van der Waals surface area contributed by atoms with Crippen molar-refractivity contribution < 1.29 is 8.42 Å². The van der Waals surface area contributed by atoms with Crippen LogP contribution in [0.3, 0.4) is 0 Å². The van der Waals surface area contributed by atoms with E-state index in [0.717, 1.165) is 25.0 Å². The van der Waals surface area contributed by atoms with Crippen LogP contribution in [0.2, 0.25) is 0 Å². The number of alkyl halides is 1. The number of rotatable bonds is 4. The molecule has 0 aliphatic carbocycles. The first-order valence-electron chi connectivity index (χ1n) is 5.46. The Hall–Kier alpha value is 0.0500. The van der Waals surface area contributed by atoms with Gasteiger partial charge in [-0.2, -0.15) is 4.31 Å². The van der Waals surface area contributed by atoms with Gasteiger partial charge in [-0.1, -0.05) is 22.0 Å². The summed E-state index contributed by atoms with van der Waals surface area (Å²) in [7, 11) is -3.24. The molecule has 4 nitrogen and oxygen atoms in total. The van der Waals surface area contributed by atoms with Crippen LogP contribution in [0.1, 0.15) is 0 Å². The number of thiophene rings is 1. The lowest BCUT2D eigenvalue weighted by Crippen LogP contribution is -2.48. The minimum absolute atomic E-state index is 0.450. The minimum Gasteiger partial charge on any atom is -0.300 e. The molecule has 17 heavy (non-hydrogen) atoms. The van der Waals surface area contributed by atoms with Crippen LogP contribution < -0.4 is 0 Å². The topological polar surface area (TPSA) is 40.6 Å². The monoisotopic (exact) mass is 338 g/mol. The molecule has 1 saturated heterocycles.